The molecule has 1 heterocycles. The molecular formula is C22H26N2O5. The molecule has 1 saturated heterocycles. The Hall–Kier alpha value is -3.09. The molecule has 7 nitrogen and oxygen atoms in total. The molecule has 3 rings (SSSR count). The van der Waals surface area contributed by atoms with Crippen molar-refractivity contribution in [3.63, 3.8) is 0 Å². The number of amides is 2. The highest BCUT2D eigenvalue weighted by molar-refractivity contribution is 5.89. The molecule has 0 unspecified atom stereocenters. The van der Waals surface area contributed by atoms with E-state index in [1.807, 2.05) is 42.5 Å². The maximum absolute atomic E-state index is 12.2. The lowest BCUT2D eigenvalue weighted by atomic mass is 10.0. The molecule has 29 heavy (non-hydrogen) atoms. The van der Waals surface area contributed by atoms with Gasteiger partial charge in [0.15, 0.2) is 6.61 Å². The second-order valence-corrected chi connectivity index (χ2v) is 7.00. The first kappa shape index (κ1) is 20.6. The van der Waals surface area contributed by atoms with E-state index in [9.17, 15) is 14.4 Å². The Morgan fingerprint density at radius 1 is 1.03 bits per heavy atom. The number of fused-ring (bicyclic) bond motifs is 1. The number of ether oxygens (including phenoxy) is 2. The number of carbonyl (C=O) groups excluding carboxylic acids is 3. The average Bonchev–Trinajstić information content (AvgIpc) is 2.73. The number of nitrogens with zero attached hydrogens (tertiary/aromatic N) is 1. The third-order valence-electron chi connectivity index (χ3n) is 4.97. The molecule has 0 aliphatic carbocycles. The minimum absolute atomic E-state index is 0.0371. The average molecular weight is 398 g/mol. The third-order valence-corrected chi connectivity index (χ3v) is 4.97. The number of hydrogen-bond acceptors (Lipinski definition) is 5. The highest BCUT2D eigenvalue weighted by Crippen LogP contribution is 2.19. The Balaban J connectivity index is 1.41. The van der Waals surface area contributed by atoms with E-state index >= 15 is 0 Å². The standard InChI is InChI=1S/C22H26N2O5/c1-2-28-22(27)24-12-10-18(11-13-24)23-20(25)15-29-21(26)14-17-8-5-7-16-6-3-4-9-19(16)17/h3-9,18H,2,10-15H2,1H3,(H,23,25). The lowest BCUT2D eigenvalue weighted by Gasteiger charge is -2.31. The lowest BCUT2D eigenvalue weighted by molar-refractivity contribution is -0.148. The molecule has 2 amide bonds. The van der Waals surface area contributed by atoms with Crippen LogP contribution < -0.4 is 5.32 Å². The summed E-state index contributed by atoms with van der Waals surface area (Å²) in [7, 11) is 0. The van der Waals surface area contributed by atoms with Gasteiger partial charge in [0.25, 0.3) is 5.91 Å². The Kier molecular flexibility index (Phi) is 7.05. The fourth-order valence-corrected chi connectivity index (χ4v) is 3.49. The molecule has 2 aromatic rings. The summed E-state index contributed by atoms with van der Waals surface area (Å²) < 4.78 is 10.1. The third kappa shape index (κ3) is 5.70. The van der Waals surface area contributed by atoms with Crippen LogP contribution in [0.4, 0.5) is 4.79 Å². The summed E-state index contributed by atoms with van der Waals surface area (Å²) in [4.78, 5) is 37.6. The summed E-state index contributed by atoms with van der Waals surface area (Å²) in [6.45, 7) is 2.88. The maximum atomic E-state index is 12.2. The van der Waals surface area contributed by atoms with Crippen molar-refractivity contribution in [1.82, 2.24) is 10.2 Å². The number of nitrogens with one attached hydrogen (secondary N) is 1. The van der Waals surface area contributed by atoms with E-state index in [0.717, 1.165) is 16.3 Å². The quantitative estimate of drug-likeness (QED) is 0.756. The molecule has 1 aliphatic rings. The fraction of sp³-hybridized carbons (Fsp3) is 0.409. The molecule has 1 aliphatic heterocycles. The number of rotatable bonds is 6. The Labute approximate surface area is 170 Å². The van der Waals surface area contributed by atoms with Gasteiger partial charge in [0.1, 0.15) is 0 Å². The van der Waals surface area contributed by atoms with Crippen molar-refractivity contribution in [3.8, 4) is 0 Å². The molecule has 7 heteroatoms. The SMILES string of the molecule is CCOC(=O)N1CCC(NC(=O)COC(=O)Cc2cccc3ccccc23)CC1. The molecule has 0 radical (unpaired) electrons. The lowest BCUT2D eigenvalue weighted by Crippen LogP contribution is -2.47. The van der Waals surface area contributed by atoms with Crippen LogP contribution in [0.5, 0.6) is 0 Å². The predicted molar refractivity (Wildman–Crippen MR) is 108 cm³/mol. The molecule has 154 valence electrons. The normalized spacial score (nSPS) is 14.4. The highest BCUT2D eigenvalue weighted by atomic mass is 16.6. The van der Waals surface area contributed by atoms with Crippen molar-refractivity contribution in [2.24, 2.45) is 0 Å². The molecule has 1 fully saturated rings. The monoisotopic (exact) mass is 398 g/mol. The zero-order valence-electron chi connectivity index (χ0n) is 16.6. The molecule has 2 aromatic carbocycles. The van der Waals surface area contributed by atoms with Crippen LogP contribution in [0.25, 0.3) is 10.8 Å². The smallest absolute Gasteiger partial charge is 0.409 e. The van der Waals surface area contributed by atoms with Crippen LogP contribution in [0.2, 0.25) is 0 Å². The first-order valence-corrected chi connectivity index (χ1v) is 9.90. The largest absolute Gasteiger partial charge is 0.455 e. The molecule has 1 N–H and O–H groups in total. The van der Waals surface area contributed by atoms with Crippen molar-refractivity contribution in [2.75, 3.05) is 26.3 Å². The molecule has 0 atom stereocenters. The number of benzene rings is 2. The Morgan fingerprint density at radius 2 is 1.76 bits per heavy atom. The van der Waals surface area contributed by atoms with Crippen LogP contribution >= 0.6 is 0 Å². The van der Waals surface area contributed by atoms with Crippen LogP contribution in [-0.4, -0.2) is 55.2 Å². The van der Waals surface area contributed by atoms with E-state index in [4.69, 9.17) is 9.47 Å². The van der Waals surface area contributed by atoms with Gasteiger partial charge in [-0.1, -0.05) is 42.5 Å². The molecular weight excluding hydrogens is 372 g/mol. The van der Waals surface area contributed by atoms with Gasteiger partial charge in [-0.15, -0.1) is 0 Å². The van der Waals surface area contributed by atoms with E-state index in [1.54, 1.807) is 11.8 Å². The van der Waals surface area contributed by atoms with Gasteiger partial charge >= 0.3 is 12.1 Å². The van der Waals surface area contributed by atoms with Crippen LogP contribution in [0.3, 0.4) is 0 Å². The minimum Gasteiger partial charge on any atom is -0.455 e. The van der Waals surface area contributed by atoms with Crippen LogP contribution in [0, 0.1) is 0 Å². The fourth-order valence-electron chi connectivity index (χ4n) is 3.49. The van der Waals surface area contributed by atoms with Crippen molar-refractivity contribution in [2.45, 2.75) is 32.2 Å². The molecule has 0 aromatic heterocycles. The van der Waals surface area contributed by atoms with Crippen LogP contribution in [0.15, 0.2) is 42.5 Å². The van der Waals surface area contributed by atoms with E-state index in [1.165, 1.54) is 0 Å². The summed E-state index contributed by atoms with van der Waals surface area (Å²) in [5.74, 6) is -0.764. The topological polar surface area (TPSA) is 84.9 Å². The van der Waals surface area contributed by atoms with Gasteiger partial charge in [-0.3, -0.25) is 9.59 Å². The van der Waals surface area contributed by atoms with E-state index in [0.29, 0.717) is 32.5 Å². The van der Waals surface area contributed by atoms with Crippen molar-refractivity contribution in [3.05, 3.63) is 48.0 Å². The zero-order chi connectivity index (χ0) is 20.6. The van der Waals surface area contributed by atoms with Crippen LogP contribution in [-0.2, 0) is 25.5 Å². The van der Waals surface area contributed by atoms with E-state index in [2.05, 4.69) is 5.32 Å². The van der Waals surface area contributed by atoms with Gasteiger partial charge in [-0.2, -0.15) is 0 Å². The zero-order valence-corrected chi connectivity index (χ0v) is 16.6. The summed E-state index contributed by atoms with van der Waals surface area (Å²) >= 11 is 0. The van der Waals surface area contributed by atoms with E-state index < -0.39 is 5.97 Å². The summed E-state index contributed by atoms with van der Waals surface area (Å²) in [6, 6.07) is 13.6. The first-order chi connectivity index (χ1) is 14.1. The molecule has 0 bridgehead atoms. The molecule has 0 saturated carbocycles. The number of carbonyl (C=O) groups is 3. The minimum atomic E-state index is -0.436. The van der Waals surface area contributed by atoms with Crippen LogP contribution in [0.1, 0.15) is 25.3 Å². The molecule has 0 spiro atoms. The number of esters is 1. The van der Waals surface area contributed by atoms with E-state index in [-0.39, 0.29) is 31.1 Å². The second-order valence-electron chi connectivity index (χ2n) is 7.00. The summed E-state index contributed by atoms with van der Waals surface area (Å²) in [6.07, 6.45) is 1.09. The van der Waals surface area contributed by atoms with Gasteiger partial charge in [-0.05, 0) is 36.1 Å². The summed E-state index contributed by atoms with van der Waals surface area (Å²) in [5.41, 5.74) is 0.875. The number of likely N-dealkylation sites (tertiary alicyclic amines) is 1. The van der Waals surface area contributed by atoms with Gasteiger partial charge in [0, 0.05) is 19.1 Å². The highest BCUT2D eigenvalue weighted by Gasteiger charge is 2.24. The maximum Gasteiger partial charge on any atom is 0.409 e. The number of piperidine rings is 1. The van der Waals surface area contributed by atoms with Gasteiger partial charge in [0.05, 0.1) is 13.0 Å². The van der Waals surface area contributed by atoms with Crippen molar-refractivity contribution < 1.29 is 23.9 Å². The summed E-state index contributed by atoms with van der Waals surface area (Å²) in [5, 5.41) is 4.93. The van der Waals surface area contributed by atoms with Crippen molar-refractivity contribution >= 4 is 28.7 Å². The first-order valence-electron chi connectivity index (χ1n) is 9.90. The second kappa shape index (κ2) is 9.91. The van der Waals surface area contributed by atoms with Gasteiger partial charge in [0.2, 0.25) is 0 Å². The predicted octanol–water partition coefficient (Wildman–Crippen LogP) is 2.66. The van der Waals surface area contributed by atoms with Crippen molar-refractivity contribution in [1.29, 1.82) is 0 Å². The number of hydrogen-bond donors (Lipinski definition) is 1. The Bertz CT molecular complexity index is 869. The van der Waals surface area contributed by atoms with Gasteiger partial charge in [-0.25, -0.2) is 4.79 Å². The van der Waals surface area contributed by atoms with Gasteiger partial charge < -0.3 is 19.7 Å². The Morgan fingerprint density at radius 3 is 2.52 bits per heavy atom.